The van der Waals surface area contributed by atoms with Crippen molar-refractivity contribution in [3.8, 4) is 5.69 Å². The van der Waals surface area contributed by atoms with Crippen molar-refractivity contribution in [2.45, 2.75) is 39.2 Å². The second-order valence-corrected chi connectivity index (χ2v) is 9.43. The van der Waals surface area contributed by atoms with Crippen molar-refractivity contribution in [1.29, 1.82) is 0 Å². The van der Waals surface area contributed by atoms with Crippen LogP contribution in [0.4, 0.5) is 36.8 Å². The molecule has 0 saturated heterocycles. The molecule has 4 aromatic rings. The van der Waals surface area contributed by atoms with E-state index in [9.17, 15) is 35.9 Å². The summed E-state index contributed by atoms with van der Waals surface area (Å²) in [6, 6.07) is 11.0. The number of aryl methyl sites for hydroxylation is 2. The summed E-state index contributed by atoms with van der Waals surface area (Å²) in [7, 11) is 1.30. The molecule has 0 radical (unpaired) electrons. The molecule has 0 aliphatic rings. The number of anilines is 1. The summed E-state index contributed by atoms with van der Waals surface area (Å²) in [5.74, 6) is 0.148. The van der Waals surface area contributed by atoms with E-state index in [1.807, 2.05) is 19.1 Å². The van der Waals surface area contributed by atoms with Gasteiger partial charge in [-0.25, -0.2) is 9.78 Å². The molecule has 0 aliphatic carbocycles. The highest BCUT2D eigenvalue weighted by Gasteiger charge is 2.37. The van der Waals surface area contributed by atoms with Crippen LogP contribution < -0.4 is 10.9 Å². The first-order valence-corrected chi connectivity index (χ1v) is 12.0. The van der Waals surface area contributed by atoms with Crippen molar-refractivity contribution in [3.05, 3.63) is 99.1 Å². The largest absolute Gasteiger partial charge is 0.416 e. The third kappa shape index (κ3) is 5.65. The quantitative estimate of drug-likeness (QED) is 0.266. The first-order valence-electron chi connectivity index (χ1n) is 12.0. The average molecular weight is 563 g/mol. The summed E-state index contributed by atoms with van der Waals surface area (Å²) in [5.41, 5.74) is -1.73. The van der Waals surface area contributed by atoms with Gasteiger partial charge in [0, 0.05) is 12.7 Å². The van der Waals surface area contributed by atoms with Crippen molar-refractivity contribution in [3.63, 3.8) is 0 Å². The molecular weight excluding hydrogens is 538 g/mol. The van der Waals surface area contributed by atoms with Gasteiger partial charge in [-0.2, -0.15) is 26.3 Å². The van der Waals surface area contributed by atoms with Crippen LogP contribution in [0, 0.1) is 13.8 Å². The Kier molecular flexibility index (Phi) is 7.39. The highest BCUT2D eigenvalue weighted by molar-refractivity contribution is 5.89. The predicted octanol–water partition coefficient (Wildman–Crippen LogP) is 7.27. The number of alkyl halides is 6. The molecule has 1 aromatic heterocycles. The number of halogens is 6. The van der Waals surface area contributed by atoms with Gasteiger partial charge in [0.1, 0.15) is 5.82 Å². The fraction of sp³-hybridized carbons (Fsp3) is 0.250. The van der Waals surface area contributed by atoms with E-state index in [4.69, 9.17) is 0 Å². The third-order valence-corrected chi connectivity index (χ3v) is 6.52. The molecule has 3 aromatic carbocycles. The number of amides is 2. The Labute approximate surface area is 224 Å². The molecule has 6 nitrogen and oxygen atoms in total. The van der Waals surface area contributed by atoms with Gasteiger partial charge in [0.25, 0.3) is 5.56 Å². The third-order valence-electron chi connectivity index (χ3n) is 6.52. The van der Waals surface area contributed by atoms with Crippen molar-refractivity contribution in [2.24, 2.45) is 0 Å². The number of carbonyl (C=O) groups excluding carboxylic acids is 1. The zero-order chi connectivity index (χ0) is 29.6. The summed E-state index contributed by atoms with van der Waals surface area (Å²) < 4.78 is 81.1. The number of para-hydroxylation sites is 1. The fourth-order valence-corrected chi connectivity index (χ4v) is 4.21. The first kappa shape index (κ1) is 28.7. The fourth-order valence-electron chi connectivity index (χ4n) is 4.21. The van der Waals surface area contributed by atoms with Crippen LogP contribution >= 0.6 is 0 Å². The number of hydrogen-bond acceptors (Lipinski definition) is 3. The summed E-state index contributed by atoms with van der Waals surface area (Å²) in [6.45, 7) is 5.19. The maximum absolute atomic E-state index is 13.7. The topological polar surface area (TPSA) is 67.2 Å². The highest BCUT2D eigenvalue weighted by atomic mass is 19.4. The molecule has 2 amide bonds. The second-order valence-electron chi connectivity index (χ2n) is 9.43. The van der Waals surface area contributed by atoms with Crippen molar-refractivity contribution < 1.29 is 31.1 Å². The average Bonchev–Trinajstić information content (AvgIpc) is 2.88. The van der Waals surface area contributed by atoms with Crippen molar-refractivity contribution >= 4 is 22.6 Å². The van der Waals surface area contributed by atoms with Crippen molar-refractivity contribution in [1.82, 2.24) is 14.5 Å². The van der Waals surface area contributed by atoms with Gasteiger partial charge in [-0.05, 0) is 68.3 Å². The Hall–Kier alpha value is -4.35. The number of carbonyl (C=O) groups is 1. The predicted molar refractivity (Wildman–Crippen MR) is 138 cm³/mol. The number of urea groups is 1. The molecule has 1 N–H and O–H groups in total. The minimum absolute atomic E-state index is 0.0239. The van der Waals surface area contributed by atoms with E-state index in [0.29, 0.717) is 28.7 Å². The van der Waals surface area contributed by atoms with Gasteiger partial charge < -0.3 is 10.2 Å². The lowest BCUT2D eigenvalue weighted by atomic mass is 10.1. The molecule has 0 spiro atoms. The molecule has 12 heteroatoms. The Morgan fingerprint density at radius 2 is 1.52 bits per heavy atom. The van der Waals surface area contributed by atoms with Crippen LogP contribution in [0.15, 0.2) is 65.5 Å². The Morgan fingerprint density at radius 3 is 2.12 bits per heavy atom. The molecule has 0 aliphatic heterocycles. The standard InChI is InChI=1S/C28H24F6N4O2/c1-15-9-10-16(2)23(11-15)38-24(36-22-8-6-5-7-21(22)25(38)39)17(3)37(4)26(40)35-20-13-18(27(29,30)31)12-19(14-20)28(32,33)34/h5-14,17H,1-4H3,(H,35,40). The van der Waals surface area contributed by atoms with Crippen LogP contribution in [0.25, 0.3) is 16.6 Å². The lowest BCUT2D eigenvalue weighted by Gasteiger charge is -2.28. The van der Waals surface area contributed by atoms with E-state index in [2.05, 4.69) is 10.3 Å². The first-order chi connectivity index (χ1) is 18.6. The Balaban J connectivity index is 1.78. The molecular formula is C28H24F6N4O2. The zero-order valence-corrected chi connectivity index (χ0v) is 21.8. The van der Waals surface area contributed by atoms with Crippen LogP contribution in [0.3, 0.4) is 0 Å². The van der Waals surface area contributed by atoms with Gasteiger partial charge in [0.05, 0.1) is 33.8 Å². The second kappa shape index (κ2) is 10.3. The summed E-state index contributed by atoms with van der Waals surface area (Å²) in [4.78, 5) is 32.4. The smallest absolute Gasteiger partial charge is 0.318 e. The number of nitrogens with zero attached hydrogens (tertiary/aromatic N) is 3. The SMILES string of the molecule is Cc1ccc(C)c(-n2c(C(C)N(C)C(=O)Nc3cc(C(F)(F)F)cc(C(F)(F)F)c3)nc3ccccc3c2=O)c1. The number of benzene rings is 3. The molecule has 210 valence electrons. The van der Waals surface area contributed by atoms with Crippen LogP contribution in [0.5, 0.6) is 0 Å². The van der Waals surface area contributed by atoms with Gasteiger partial charge >= 0.3 is 18.4 Å². The van der Waals surface area contributed by atoms with E-state index in [1.54, 1.807) is 44.2 Å². The zero-order valence-electron chi connectivity index (χ0n) is 21.8. The number of aromatic nitrogens is 2. The number of fused-ring (bicyclic) bond motifs is 1. The lowest BCUT2D eigenvalue weighted by Crippen LogP contribution is -2.37. The molecule has 1 unspecified atom stereocenters. The number of nitrogens with one attached hydrogen (secondary N) is 1. The van der Waals surface area contributed by atoms with Crippen LogP contribution in [0.1, 0.15) is 41.0 Å². The van der Waals surface area contributed by atoms with Gasteiger partial charge in [-0.3, -0.25) is 9.36 Å². The van der Waals surface area contributed by atoms with E-state index in [0.717, 1.165) is 16.0 Å². The Bertz CT molecular complexity index is 1630. The highest BCUT2D eigenvalue weighted by Crippen LogP contribution is 2.37. The molecule has 0 fully saturated rings. The molecule has 4 rings (SSSR count). The van der Waals surface area contributed by atoms with Crippen molar-refractivity contribution in [2.75, 3.05) is 12.4 Å². The van der Waals surface area contributed by atoms with Gasteiger partial charge in [0.15, 0.2) is 0 Å². The van der Waals surface area contributed by atoms with E-state index in [-0.39, 0.29) is 11.9 Å². The minimum atomic E-state index is -5.07. The van der Waals surface area contributed by atoms with Gasteiger partial charge in [-0.1, -0.05) is 24.3 Å². The molecule has 1 atom stereocenters. The van der Waals surface area contributed by atoms with Crippen LogP contribution in [-0.4, -0.2) is 27.5 Å². The summed E-state index contributed by atoms with van der Waals surface area (Å²) >= 11 is 0. The number of rotatable bonds is 4. The Morgan fingerprint density at radius 1 is 0.925 bits per heavy atom. The molecule has 40 heavy (non-hydrogen) atoms. The molecule has 0 saturated carbocycles. The maximum atomic E-state index is 13.7. The van der Waals surface area contributed by atoms with Gasteiger partial charge in [-0.15, -0.1) is 0 Å². The van der Waals surface area contributed by atoms with Gasteiger partial charge in [0.2, 0.25) is 0 Å². The molecule has 1 heterocycles. The number of hydrogen-bond donors (Lipinski definition) is 1. The van der Waals surface area contributed by atoms with E-state index in [1.165, 1.54) is 11.6 Å². The lowest BCUT2D eigenvalue weighted by molar-refractivity contribution is -0.143. The monoisotopic (exact) mass is 562 g/mol. The maximum Gasteiger partial charge on any atom is 0.416 e. The van der Waals surface area contributed by atoms with Crippen LogP contribution in [-0.2, 0) is 12.4 Å². The summed E-state index contributed by atoms with van der Waals surface area (Å²) in [5, 5.41) is 2.45. The van der Waals surface area contributed by atoms with Crippen LogP contribution in [0.2, 0.25) is 0 Å². The van der Waals surface area contributed by atoms with E-state index < -0.39 is 46.8 Å². The summed E-state index contributed by atoms with van der Waals surface area (Å²) in [6.07, 6.45) is -10.1. The minimum Gasteiger partial charge on any atom is -0.318 e. The normalized spacial score (nSPS) is 12.8. The van der Waals surface area contributed by atoms with E-state index >= 15 is 0 Å². The molecule has 0 bridgehead atoms.